The zero-order valence-electron chi connectivity index (χ0n) is 8.91. The molecule has 2 rings (SSSR count). The van der Waals surface area contributed by atoms with Crippen LogP contribution in [0.15, 0.2) is 0 Å². The number of hydrogen-bond donors (Lipinski definition) is 1. The van der Waals surface area contributed by atoms with Crippen LogP contribution in [-0.2, 0) is 9.53 Å². The molecule has 88 valence electrons. The molecule has 4 nitrogen and oxygen atoms in total. The fraction of sp³-hybridized carbons (Fsp3) is 0.900. The van der Waals surface area contributed by atoms with Gasteiger partial charge in [0.25, 0.3) is 0 Å². The molecule has 0 aromatic heterocycles. The Balaban J connectivity index is 0.00000112. The summed E-state index contributed by atoms with van der Waals surface area (Å²) in [7, 11) is 0. The van der Waals surface area contributed by atoms with Gasteiger partial charge in [-0.15, -0.1) is 12.4 Å². The van der Waals surface area contributed by atoms with Crippen LogP contribution in [0, 0.1) is 5.92 Å². The summed E-state index contributed by atoms with van der Waals surface area (Å²) in [6.07, 6.45) is 1.99. The fourth-order valence-electron chi connectivity index (χ4n) is 2.11. The van der Waals surface area contributed by atoms with Crippen LogP contribution in [0.1, 0.15) is 12.8 Å². The molecule has 1 N–H and O–H groups in total. The predicted octanol–water partition coefficient (Wildman–Crippen LogP) is 0.267. The zero-order chi connectivity index (χ0) is 9.80. The van der Waals surface area contributed by atoms with Gasteiger partial charge in [0.2, 0.25) is 5.91 Å². The van der Waals surface area contributed by atoms with Crippen molar-refractivity contribution in [2.75, 3.05) is 39.4 Å². The second-order valence-electron chi connectivity index (χ2n) is 3.96. The maximum atomic E-state index is 12.0. The van der Waals surface area contributed by atoms with Crippen molar-refractivity contribution in [1.29, 1.82) is 0 Å². The number of carbonyl (C=O) groups excluding carboxylic acids is 1. The Hall–Kier alpha value is -0.320. The van der Waals surface area contributed by atoms with Crippen molar-refractivity contribution in [3.8, 4) is 0 Å². The Morgan fingerprint density at radius 2 is 1.80 bits per heavy atom. The third-order valence-corrected chi connectivity index (χ3v) is 3.01. The molecule has 1 amide bonds. The number of carbonyl (C=O) groups is 1. The van der Waals surface area contributed by atoms with Crippen molar-refractivity contribution in [3.05, 3.63) is 0 Å². The van der Waals surface area contributed by atoms with Crippen LogP contribution < -0.4 is 5.32 Å². The Bertz CT molecular complexity index is 182. The van der Waals surface area contributed by atoms with Gasteiger partial charge in [-0.1, -0.05) is 0 Å². The van der Waals surface area contributed by atoms with E-state index in [0.29, 0.717) is 19.1 Å². The molecule has 0 radical (unpaired) electrons. The van der Waals surface area contributed by atoms with Gasteiger partial charge in [0, 0.05) is 19.0 Å². The SMILES string of the molecule is Cl.O=C(C1CCNCC1)N1CCOCC1. The molecular formula is C10H19ClN2O2. The largest absolute Gasteiger partial charge is 0.378 e. The van der Waals surface area contributed by atoms with Gasteiger partial charge in [-0.2, -0.15) is 0 Å². The molecule has 2 heterocycles. The molecule has 0 atom stereocenters. The minimum atomic E-state index is 0. The first-order valence-corrected chi connectivity index (χ1v) is 5.45. The van der Waals surface area contributed by atoms with Gasteiger partial charge in [-0.3, -0.25) is 4.79 Å². The Morgan fingerprint density at radius 1 is 1.20 bits per heavy atom. The molecule has 5 heteroatoms. The highest BCUT2D eigenvalue weighted by molar-refractivity contribution is 5.85. The lowest BCUT2D eigenvalue weighted by Gasteiger charge is -2.32. The smallest absolute Gasteiger partial charge is 0.225 e. The first-order chi connectivity index (χ1) is 6.88. The summed E-state index contributed by atoms with van der Waals surface area (Å²) in [5.41, 5.74) is 0. The lowest BCUT2D eigenvalue weighted by Crippen LogP contribution is -2.46. The van der Waals surface area contributed by atoms with Crippen molar-refractivity contribution in [1.82, 2.24) is 10.2 Å². The Kier molecular flexibility index (Phi) is 5.36. The first-order valence-electron chi connectivity index (χ1n) is 5.45. The molecule has 2 aliphatic rings. The number of hydrogen-bond acceptors (Lipinski definition) is 3. The average Bonchev–Trinajstić information content (AvgIpc) is 2.30. The van der Waals surface area contributed by atoms with E-state index in [0.717, 1.165) is 39.0 Å². The van der Waals surface area contributed by atoms with Gasteiger partial charge < -0.3 is 15.0 Å². The van der Waals surface area contributed by atoms with Crippen molar-refractivity contribution < 1.29 is 9.53 Å². The van der Waals surface area contributed by atoms with E-state index in [1.165, 1.54) is 0 Å². The highest BCUT2D eigenvalue weighted by Crippen LogP contribution is 2.15. The molecule has 2 aliphatic heterocycles. The number of nitrogens with one attached hydrogen (secondary N) is 1. The standard InChI is InChI=1S/C10H18N2O2.ClH/c13-10(9-1-3-11-4-2-9)12-5-7-14-8-6-12;/h9,11H,1-8H2;1H. The Morgan fingerprint density at radius 3 is 2.40 bits per heavy atom. The normalized spacial score (nSPS) is 23.3. The summed E-state index contributed by atoms with van der Waals surface area (Å²) in [5, 5.41) is 3.28. The molecule has 2 saturated heterocycles. The number of morpholine rings is 1. The van der Waals surface area contributed by atoms with E-state index in [1.807, 2.05) is 4.90 Å². The van der Waals surface area contributed by atoms with E-state index in [-0.39, 0.29) is 18.3 Å². The maximum Gasteiger partial charge on any atom is 0.225 e. The summed E-state index contributed by atoms with van der Waals surface area (Å²) in [5.74, 6) is 0.601. The van der Waals surface area contributed by atoms with Crippen molar-refractivity contribution in [2.24, 2.45) is 5.92 Å². The average molecular weight is 235 g/mol. The molecule has 2 fully saturated rings. The number of amides is 1. The van der Waals surface area contributed by atoms with E-state index in [4.69, 9.17) is 4.74 Å². The van der Waals surface area contributed by atoms with Crippen LogP contribution in [0.2, 0.25) is 0 Å². The zero-order valence-corrected chi connectivity index (χ0v) is 9.72. The van der Waals surface area contributed by atoms with Gasteiger partial charge >= 0.3 is 0 Å². The van der Waals surface area contributed by atoms with Crippen LogP contribution in [0.5, 0.6) is 0 Å². The maximum absolute atomic E-state index is 12.0. The second-order valence-corrected chi connectivity index (χ2v) is 3.96. The summed E-state index contributed by atoms with van der Waals surface area (Å²) in [6.45, 7) is 4.94. The quantitative estimate of drug-likeness (QED) is 0.708. The number of nitrogens with zero attached hydrogens (tertiary/aromatic N) is 1. The monoisotopic (exact) mass is 234 g/mol. The fourth-order valence-corrected chi connectivity index (χ4v) is 2.11. The van der Waals surface area contributed by atoms with E-state index in [1.54, 1.807) is 0 Å². The summed E-state index contributed by atoms with van der Waals surface area (Å²) in [4.78, 5) is 14.0. The minimum absolute atomic E-state index is 0. The van der Waals surface area contributed by atoms with Gasteiger partial charge in [-0.05, 0) is 25.9 Å². The molecule has 15 heavy (non-hydrogen) atoms. The lowest BCUT2D eigenvalue weighted by molar-refractivity contribution is -0.140. The van der Waals surface area contributed by atoms with Crippen LogP contribution in [-0.4, -0.2) is 50.2 Å². The van der Waals surface area contributed by atoms with E-state index in [2.05, 4.69) is 5.32 Å². The summed E-state index contributed by atoms with van der Waals surface area (Å²) in [6, 6.07) is 0. The van der Waals surface area contributed by atoms with E-state index < -0.39 is 0 Å². The van der Waals surface area contributed by atoms with E-state index in [9.17, 15) is 4.79 Å². The summed E-state index contributed by atoms with van der Waals surface area (Å²) < 4.78 is 5.23. The molecule has 0 aromatic rings. The number of piperidine rings is 1. The van der Waals surface area contributed by atoms with Gasteiger partial charge in [-0.25, -0.2) is 0 Å². The Labute approximate surface area is 96.7 Å². The van der Waals surface area contributed by atoms with Crippen LogP contribution in [0.3, 0.4) is 0 Å². The number of rotatable bonds is 1. The topological polar surface area (TPSA) is 41.6 Å². The molecule has 0 aromatic carbocycles. The van der Waals surface area contributed by atoms with Crippen molar-refractivity contribution in [3.63, 3.8) is 0 Å². The predicted molar refractivity (Wildman–Crippen MR) is 60.2 cm³/mol. The molecular weight excluding hydrogens is 216 g/mol. The van der Waals surface area contributed by atoms with E-state index >= 15 is 0 Å². The summed E-state index contributed by atoms with van der Waals surface area (Å²) >= 11 is 0. The van der Waals surface area contributed by atoms with Crippen LogP contribution >= 0.6 is 12.4 Å². The van der Waals surface area contributed by atoms with Crippen molar-refractivity contribution >= 4 is 18.3 Å². The molecule has 0 aliphatic carbocycles. The minimum Gasteiger partial charge on any atom is -0.378 e. The first kappa shape index (κ1) is 12.7. The number of ether oxygens (including phenoxy) is 1. The van der Waals surface area contributed by atoms with Crippen LogP contribution in [0.4, 0.5) is 0 Å². The third-order valence-electron chi connectivity index (χ3n) is 3.01. The lowest BCUT2D eigenvalue weighted by atomic mass is 9.96. The highest BCUT2D eigenvalue weighted by atomic mass is 35.5. The second kappa shape index (κ2) is 6.30. The highest BCUT2D eigenvalue weighted by Gasteiger charge is 2.26. The van der Waals surface area contributed by atoms with Gasteiger partial charge in [0.1, 0.15) is 0 Å². The number of halogens is 1. The molecule has 0 bridgehead atoms. The van der Waals surface area contributed by atoms with Gasteiger partial charge in [0.05, 0.1) is 13.2 Å². The van der Waals surface area contributed by atoms with Gasteiger partial charge in [0.15, 0.2) is 0 Å². The molecule has 0 unspecified atom stereocenters. The molecule has 0 spiro atoms. The van der Waals surface area contributed by atoms with Crippen LogP contribution in [0.25, 0.3) is 0 Å². The third kappa shape index (κ3) is 3.33. The molecule has 0 saturated carbocycles. The van der Waals surface area contributed by atoms with Crippen molar-refractivity contribution in [2.45, 2.75) is 12.8 Å².